The van der Waals surface area contributed by atoms with Crippen molar-refractivity contribution >= 4 is 23.5 Å². The van der Waals surface area contributed by atoms with Crippen LogP contribution in [0.25, 0.3) is 0 Å². The Labute approximate surface area is 109 Å². The van der Waals surface area contributed by atoms with Gasteiger partial charge in [0.1, 0.15) is 0 Å². The lowest BCUT2D eigenvalue weighted by atomic mass is 10.1. The molecule has 100 valence electrons. The number of benzene rings is 1. The van der Waals surface area contributed by atoms with Crippen LogP contribution in [-0.4, -0.2) is 22.9 Å². The Morgan fingerprint density at radius 1 is 1.32 bits per heavy atom. The molecule has 0 saturated heterocycles. The average molecular weight is 262 g/mol. The van der Waals surface area contributed by atoms with E-state index in [2.05, 4.69) is 10.6 Å². The number of anilines is 1. The van der Waals surface area contributed by atoms with E-state index in [1.807, 2.05) is 12.1 Å². The summed E-state index contributed by atoms with van der Waals surface area (Å²) in [6.45, 7) is 0.333. The van der Waals surface area contributed by atoms with Crippen LogP contribution in [0.15, 0.2) is 18.2 Å². The summed E-state index contributed by atoms with van der Waals surface area (Å²) in [4.78, 5) is 32.9. The van der Waals surface area contributed by atoms with Crippen molar-refractivity contribution in [2.24, 2.45) is 0 Å². The average Bonchev–Trinajstić information content (AvgIpc) is 2.73. The number of hydrogen-bond donors (Lipinski definition) is 3. The first-order valence-corrected chi connectivity index (χ1v) is 5.95. The topological polar surface area (TPSA) is 95.5 Å². The maximum absolute atomic E-state index is 11.4. The van der Waals surface area contributed by atoms with E-state index in [1.54, 1.807) is 6.07 Å². The van der Waals surface area contributed by atoms with Gasteiger partial charge in [-0.2, -0.15) is 0 Å². The third-order valence-electron chi connectivity index (χ3n) is 2.85. The third kappa shape index (κ3) is 3.54. The lowest BCUT2D eigenvalue weighted by Gasteiger charge is -2.06. The number of fused-ring (bicyclic) bond motifs is 1. The summed E-state index contributed by atoms with van der Waals surface area (Å²) in [7, 11) is 0. The van der Waals surface area contributed by atoms with Gasteiger partial charge >= 0.3 is 5.97 Å². The quantitative estimate of drug-likeness (QED) is 0.726. The highest BCUT2D eigenvalue weighted by molar-refractivity contribution is 5.99. The lowest BCUT2D eigenvalue weighted by Crippen LogP contribution is -2.23. The van der Waals surface area contributed by atoms with Crippen LogP contribution in [0.2, 0.25) is 0 Å². The second kappa shape index (κ2) is 5.51. The van der Waals surface area contributed by atoms with Gasteiger partial charge in [-0.3, -0.25) is 14.4 Å². The second-order valence-corrected chi connectivity index (χ2v) is 4.39. The highest BCUT2D eigenvalue weighted by Gasteiger charge is 2.17. The van der Waals surface area contributed by atoms with Gasteiger partial charge in [-0.1, -0.05) is 12.1 Å². The van der Waals surface area contributed by atoms with E-state index < -0.39 is 5.97 Å². The fraction of sp³-hybridized carbons (Fsp3) is 0.308. The molecule has 2 amide bonds. The predicted octanol–water partition coefficient (Wildman–Crippen LogP) is 0.662. The number of rotatable bonds is 5. The van der Waals surface area contributed by atoms with Crippen molar-refractivity contribution in [3.05, 3.63) is 29.3 Å². The Bertz CT molecular complexity index is 539. The Morgan fingerprint density at radius 3 is 2.84 bits per heavy atom. The minimum Gasteiger partial charge on any atom is -0.481 e. The van der Waals surface area contributed by atoms with Crippen LogP contribution >= 0.6 is 0 Å². The molecule has 3 N–H and O–H groups in total. The van der Waals surface area contributed by atoms with Crippen molar-refractivity contribution in [1.29, 1.82) is 0 Å². The molecule has 1 aliphatic heterocycles. The van der Waals surface area contributed by atoms with Crippen molar-refractivity contribution in [1.82, 2.24) is 5.32 Å². The van der Waals surface area contributed by atoms with Crippen molar-refractivity contribution in [3.63, 3.8) is 0 Å². The summed E-state index contributed by atoms with van der Waals surface area (Å²) >= 11 is 0. The number of aliphatic carboxylic acids is 1. The molecule has 6 heteroatoms. The molecule has 0 spiro atoms. The molecule has 2 rings (SSSR count). The van der Waals surface area contributed by atoms with Gasteiger partial charge in [-0.15, -0.1) is 0 Å². The number of carbonyl (C=O) groups is 3. The highest BCUT2D eigenvalue weighted by Crippen LogP contribution is 2.23. The van der Waals surface area contributed by atoms with Crippen LogP contribution in [0.5, 0.6) is 0 Å². The molecule has 0 radical (unpaired) electrons. The Morgan fingerprint density at radius 2 is 2.11 bits per heavy atom. The van der Waals surface area contributed by atoms with Gasteiger partial charge in [0, 0.05) is 18.7 Å². The van der Waals surface area contributed by atoms with Crippen molar-refractivity contribution in [2.75, 3.05) is 5.32 Å². The van der Waals surface area contributed by atoms with E-state index in [0.29, 0.717) is 13.0 Å². The fourth-order valence-electron chi connectivity index (χ4n) is 1.90. The molecule has 0 bridgehead atoms. The van der Waals surface area contributed by atoms with Crippen molar-refractivity contribution in [2.45, 2.75) is 25.8 Å². The van der Waals surface area contributed by atoms with Crippen LogP contribution in [0, 0.1) is 0 Å². The van der Waals surface area contributed by atoms with Crippen LogP contribution < -0.4 is 10.6 Å². The van der Waals surface area contributed by atoms with E-state index in [0.717, 1.165) is 16.8 Å². The maximum atomic E-state index is 11.4. The second-order valence-electron chi connectivity index (χ2n) is 4.39. The Balaban J connectivity index is 1.87. The molecule has 0 fully saturated rings. The molecule has 0 aromatic heterocycles. The zero-order valence-electron chi connectivity index (χ0n) is 10.2. The van der Waals surface area contributed by atoms with Gasteiger partial charge in [0.05, 0.1) is 12.8 Å². The number of carboxylic acid groups (broad SMARTS) is 1. The first-order valence-electron chi connectivity index (χ1n) is 5.95. The molecule has 1 aromatic carbocycles. The SMILES string of the molecule is O=C(O)CCC(=O)NCc1ccc2c(c1)CC(=O)N2. The van der Waals surface area contributed by atoms with Crippen LogP contribution in [-0.2, 0) is 27.3 Å². The number of hydrogen-bond acceptors (Lipinski definition) is 3. The molecule has 1 aromatic rings. The normalized spacial score (nSPS) is 12.7. The van der Waals surface area contributed by atoms with Crippen LogP contribution in [0.1, 0.15) is 24.0 Å². The molecule has 0 aliphatic carbocycles. The zero-order chi connectivity index (χ0) is 13.8. The summed E-state index contributed by atoms with van der Waals surface area (Å²) in [5.74, 6) is -1.31. The number of nitrogens with one attached hydrogen (secondary N) is 2. The van der Waals surface area contributed by atoms with Crippen LogP contribution in [0.3, 0.4) is 0 Å². The Kier molecular flexibility index (Phi) is 3.79. The minimum atomic E-state index is -0.989. The van der Waals surface area contributed by atoms with Gasteiger partial charge in [0.2, 0.25) is 11.8 Å². The first kappa shape index (κ1) is 13.1. The van der Waals surface area contributed by atoms with Gasteiger partial charge in [0.25, 0.3) is 0 Å². The largest absolute Gasteiger partial charge is 0.481 e. The molecular formula is C13H14N2O4. The summed E-state index contributed by atoms with van der Waals surface area (Å²) in [5, 5.41) is 13.8. The molecule has 1 aliphatic rings. The van der Waals surface area contributed by atoms with E-state index in [4.69, 9.17) is 5.11 Å². The third-order valence-corrected chi connectivity index (χ3v) is 2.85. The molecule has 1 heterocycles. The van der Waals surface area contributed by atoms with E-state index in [1.165, 1.54) is 0 Å². The monoisotopic (exact) mass is 262 g/mol. The Hall–Kier alpha value is -2.37. The standard InChI is InChI=1S/C13H14N2O4/c16-11(3-4-13(18)19)14-7-8-1-2-10-9(5-8)6-12(17)15-10/h1-2,5H,3-4,6-7H2,(H,14,16)(H,15,17)(H,18,19). The predicted molar refractivity (Wildman–Crippen MR) is 67.5 cm³/mol. The zero-order valence-corrected chi connectivity index (χ0v) is 10.2. The maximum Gasteiger partial charge on any atom is 0.303 e. The van der Waals surface area contributed by atoms with Crippen LogP contribution in [0.4, 0.5) is 5.69 Å². The number of amides is 2. The first-order chi connectivity index (χ1) is 9.04. The van der Waals surface area contributed by atoms with Crippen molar-refractivity contribution < 1.29 is 19.5 Å². The molecule has 0 saturated carbocycles. The van der Waals surface area contributed by atoms with E-state index in [-0.39, 0.29) is 24.7 Å². The van der Waals surface area contributed by atoms with Gasteiger partial charge in [0.15, 0.2) is 0 Å². The molecule has 0 unspecified atom stereocenters. The minimum absolute atomic E-state index is 0.0275. The van der Waals surface area contributed by atoms with E-state index >= 15 is 0 Å². The van der Waals surface area contributed by atoms with Crippen molar-refractivity contribution in [3.8, 4) is 0 Å². The molecule has 6 nitrogen and oxygen atoms in total. The lowest BCUT2D eigenvalue weighted by molar-refractivity contribution is -0.138. The summed E-state index contributed by atoms with van der Waals surface area (Å²) in [6, 6.07) is 5.49. The summed E-state index contributed by atoms with van der Waals surface area (Å²) in [5.41, 5.74) is 2.62. The number of carbonyl (C=O) groups excluding carboxylic acids is 2. The van der Waals surface area contributed by atoms with Gasteiger partial charge in [-0.05, 0) is 17.2 Å². The molecule has 19 heavy (non-hydrogen) atoms. The van der Waals surface area contributed by atoms with Gasteiger partial charge < -0.3 is 15.7 Å². The molecule has 0 atom stereocenters. The smallest absolute Gasteiger partial charge is 0.303 e. The highest BCUT2D eigenvalue weighted by atomic mass is 16.4. The number of carboxylic acids is 1. The molecular weight excluding hydrogens is 248 g/mol. The van der Waals surface area contributed by atoms with Gasteiger partial charge in [-0.25, -0.2) is 0 Å². The fourth-order valence-corrected chi connectivity index (χ4v) is 1.90. The van der Waals surface area contributed by atoms with E-state index in [9.17, 15) is 14.4 Å². The summed E-state index contributed by atoms with van der Waals surface area (Å²) < 4.78 is 0. The summed E-state index contributed by atoms with van der Waals surface area (Å²) in [6.07, 6.45) is 0.158.